The van der Waals surface area contributed by atoms with Crippen molar-refractivity contribution < 1.29 is 24.0 Å². The number of amides is 2. The van der Waals surface area contributed by atoms with E-state index in [9.17, 15) is 24.5 Å². The summed E-state index contributed by atoms with van der Waals surface area (Å²) in [5.74, 6) is -2.05. The fourth-order valence-corrected chi connectivity index (χ4v) is 3.45. The van der Waals surface area contributed by atoms with Gasteiger partial charge in [0.25, 0.3) is 17.5 Å². The molecular formula is C21H14N2O6. The van der Waals surface area contributed by atoms with Crippen molar-refractivity contribution in [3.63, 3.8) is 0 Å². The summed E-state index contributed by atoms with van der Waals surface area (Å²) >= 11 is 0. The third kappa shape index (κ3) is 2.82. The number of rotatable bonds is 4. The van der Waals surface area contributed by atoms with E-state index in [1.807, 2.05) is 0 Å². The van der Waals surface area contributed by atoms with Crippen LogP contribution in [0.3, 0.4) is 0 Å². The first-order chi connectivity index (χ1) is 13.9. The summed E-state index contributed by atoms with van der Waals surface area (Å²) in [6, 6.07) is 13.6. The van der Waals surface area contributed by atoms with Gasteiger partial charge >= 0.3 is 5.97 Å². The van der Waals surface area contributed by atoms with E-state index in [0.29, 0.717) is 5.39 Å². The van der Waals surface area contributed by atoms with E-state index >= 15 is 0 Å². The fraction of sp³-hybridized carbons (Fsp3) is 0.0952. The highest BCUT2D eigenvalue weighted by Gasteiger charge is 2.37. The summed E-state index contributed by atoms with van der Waals surface area (Å²) in [4.78, 5) is 49.8. The zero-order valence-corrected chi connectivity index (χ0v) is 15.2. The summed E-state index contributed by atoms with van der Waals surface area (Å²) in [6.07, 6.45) is 0. The van der Waals surface area contributed by atoms with Gasteiger partial charge < -0.3 is 4.74 Å². The van der Waals surface area contributed by atoms with Gasteiger partial charge in [0.2, 0.25) is 0 Å². The molecular weight excluding hydrogens is 376 g/mol. The Hall–Kier alpha value is -4.07. The SMILES string of the molecule is CCOC(=O)c1ccc(N2C(=O)c3cccc4cccc(c34)C2=O)c([N+](=O)[O-])c1. The van der Waals surface area contributed by atoms with Gasteiger partial charge in [-0.1, -0.05) is 24.3 Å². The first-order valence-corrected chi connectivity index (χ1v) is 8.80. The van der Waals surface area contributed by atoms with Gasteiger partial charge in [-0.15, -0.1) is 0 Å². The van der Waals surface area contributed by atoms with Crippen LogP contribution in [0.2, 0.25) is 0 Å². The third-order valence-corrected chi connectivity index (χ3v) is 4.70. The van der Waals surface area contributed by atoms with Crippen molar-refractivity contribution in [1.29, 1.82) is 0 Å². The average Bonchev–Trinajstić information content (AvgIpc) is 2.72. The smallest absolute Gasteiger partial charge is 0.338 e. The Morgan fingerprint density at radius 2 is 1.66 bits per heavy atom. The highest BCUT2D eigenvalue weighted by Crippen LogP contribution is 2.37. The highest BCUT2D eigenvalue weighted by atomic mass is 16.6. The van der Waals surface area contributed by atoms with E-state index < -0.39 is 28.4 Å². The van der Waals surface area contributed by atoms with E-state index in [2.05, 4.69) is 0 Å². The normalized spacial score (nSPS) is 12.9. The molecule has 0 saturated carbocycles. The number of carbonyl (C=O) groups excluding carboxylic acids is 3. The van der Waals surface area contributed by atoms with Crippen LogP contribution in [0, 0.1) is 10.1 Å². The molecule has 0 N–H and O–H groups in total. The molecule has 8 heteroatoms. The molecule has 3 aromatic rings. The van der Waals surface area contributed by atoms with Crippen LogP contribution >= 0.6 is 0 Å². The van der Waals surface area contributed by atoms with Gasteiger partial charge in [-0.05, 0) is 36.6 Å². The monoisotopic (exact) mass is 390 g/mol. The average molecular weight is 390 g/mol. The highest BCUT2D eigenvalue weighted by molar-refractivity contribution is 6.36. The maximum Gasteiger partial charge on any atom is 0.338 e. The van der Waals surface area contributed by atoms with Gasteiger partial charge in [-0.25, -0.2) is 9.69 Å². The lowest BCUT2D eigenvalue weighted by atomic mass is 9.93. The molecule has 1 aliphatic heterocycles. The number of imide groups is 1. The maximum absolute atomic E-state index is 13.1. The first kappa shape index (κ1) is 18.3. The van der Waals surface area contributed by atoms with Crippen molar-refractivity contribution in [1.82, 2.24) is 0 Å². The Kier molecular flexibility index (Phi) is 4.31. The largest absolute Gasteiger partial charge is 0.462 e. The second-order valence-electron chi connectivity index (χ2n) is 6.34. The Morgan fingerprint density at radius 3 is 2.21 bits per heavy atom. The summed E-state index contributed by atoms with van der Waals surface area (Å²) in [6.45, 7) is 1.72. The number of anilines is 1. The molecule has 0 aliphatic carbocycles. The number of nitro groups is 1. The molecule has 2 amide bonds. The van der Waals surface area contributed by atoms with Gasteiger partial charge in [-0.2, -0.15) is 0 Å². The first-order valence-electron chi connectivity index (χ1n) is 8.80. The van der Waals surface area contributed by atoms with Crippen LogP contribution in [0.1, 0.15) is 38.0 Å². The van der Waals surface area contributed by atoms with Gasteiger partial charge in [0.1, 0.15) is 5.69 Å². The van der Waals surface area contributed by atoms with E-state index in [1.54, 1.807) is 43.3 Å². The molecule has 29 heavy (non-hydrogen) atoms. The summed E-state index contributed by atoms with van der Waals surface area (Å²) in [7, 11) is 0. The molecule has 0 atom stereocenters. The van der Waals surface area contributed by atoms with Crippen molar-refractivity contribution in [2.45, 2.75) is 6.92 Å². The molecule has 0 fully saturated rings. The molecule has 0 radical (unpaired) electrons. The van der Waals surface area contributed by atoms with Crippen molar-refractivity contribution in [2.75, 3.05) is 11.5 Å². The van der Waals surface area contributed by atoms with Gasteiger partial charge in [0, 0.05) is 22.6 Å². The second-order valence-corrected chi connectivity index (χ2v) is 6.34. The van der Waals surface area contributed by atoms with Crippen LogP contribution in [-0.4, -0.2) is 29.3 Å². The number of hydrogen-bond acceptors (Lipinski definition) is 6. The lowest BCUT2D eigenvalue weighted by Gasteiger charge is -2.27. The topological polar surface area (TPSA) is 107 Å². The minimum Gasteiger partial charge on any atom is -0.462 e. The number of nitrogens with zero attached hydrogens (tertiary/aromatic N) is 2. The number of esters is 1. The summed E-state index contributed by atoms with van der Waals surface area (Å²) < 4.78 is 4.87. The van der Waals surface area contributed by atoms with Crippen LogP contribution in [0.25, 0.3) is 10.8 Å². The number of hydrogen-bond donors (Lipinski definition) is 0. The quantitative estimate of drug-likeness (QED) is 0.291. The summed E-state index contributed by atoms with van der Waals surface area (Å²) in [5.41, 5.74) is -0.224. The van der Waals surface area contributed by atoms with Crippen molar-refractivity contribution >= 4 is 39.9 Å². The van der Waals surface area contributed by atoms with Gasteiger partial charge in [0.15, 0.2) is 0 Å². The molecule has 1 aliphatic rings. The van der Waals surface area contributed by atoms with Crippen molar-refractivity contribution in [3.8, 4) is 0 Å². The minimum absolute atomic E-state index is 0.0401. The molecule has 0 bridgehead atoms. The molecule has 1 heterocycles. The molecule has 4 rings (SSSR count). The predicted molar refractivity (Wildman–Crippen MR) is 104 cm³/mol. The van der Waals surface area contributed by atoms with Crippen LogP contribution in [0.5, 0.6) is 0 Å². The second kappa shape index (κ2) is 6.83. The molecule has 0 aromatic heterocycles. The van der Waals surface area contributed by atoms with E-state index in [-0.39, 0.29) is 29.0 Å². The van der Waals surface area contributed by atoms with Crippen LogP contribution in [0.15, 0.2) is 54.6 Å². The Labute approximate surface area is 164 Å². The Morgan fingerprint density at radius 1 is 1.03 bits per heavy atom. The van der Waals surface area contributed by atoms with Crippen LogP contribution < -0.4 is 4.90 Å². The lowest BCUT2D eigenvalue weighted by molar-refractivity contribution is -0.384. The zero-order valence-electron chi connectivity index (χ0n) is 15.2. The Bertz CT molecular complexity index is 1170. The van der Waals surface area contributed by atoms with E-state index in [1.165, 1.54) is 12.1 Å². The van der Waals surface area contributed by atoms with Gasteiger partial charge in [-0.3, -0.25) is 19.7 Å². The van der Waals surface area contributed by atoms with Crippen LogP contribution in [-0.2, 0) is 4.74 Å². The lowest BCUT2D eigenvalue weighted by Crippen LogP contribution is -2.40. The van der Waals surface area contributed by atoms with E-state index in [4.69, 9.17) is 4.74 Å². The fourth-order valence-electron chi connectivity index (χ4n) is 3.45. The number of nitro benzene ring substituents is 1. The number of carbonyl (C=O) groups is 3. The zero-order chi connectivity index (χ0) is 20.7. The molecule has 0 saturated heterocycles. The molecule has 0 spiro atoms. The molecule has 144 valence electrons. The third-order valence-electron chi connectivity index (χ3n) is 4.70. The van der Waals surface area contributed by atoms with Crippen molar-refractivity contribution in [2.24, 2.45) is 0 Å². The predicted octanol–water partition coefficient (Wildman–Crippen LogP) is 3.73. The molecule has 3 aromatic carbocycles. The number of benzene rings is 3. The summed E-state index contributed by atoms with van der Waals surface area (Å²) in [5, 5.41) is 12.9. The standard InChI is InChI=1S/C21H14N2O6/c1-2-29-21(26)13-9-10-16(17(11-13)23(27)28)22-19(24)14-7-3-5-12-6-4-8-15(18(12)14)20(22)25/h3-11H,2H2,1H3. The maximum atomic E-state index is 13.1. The molecule has 0 unspecified atom stereocenters. The van der Waals surface area contributed by atoms with Crippen molar-refractivity contribution in [3.05, 3.63) is 81.4 Å². The minimum atomic E-state index is -0.736. The van der Waals surface area contributed by atoms with Gasteiger partial charge in [0.05, 0.1) is 17.1 Å². The molecule has 8 nitrogen and oxygen atoms in total. The van der Waals surface area contributed by atoms with Crippen LogP contribution in [0.4, 0.5) is 11.4 Å². The number of ether oxygens (including phenoxy) is 1. The Balaban J connectivity index is 1.89. The van der Waals surface area contributed by atoms with E-state index in [0.717, 1.165) is 16.4 Å².